The van der Waals surface area contributed by atoms with E-state index < -0.39 is 11.9 Å². The van der Waals surface area contributed by atoms with Crippen LogP contribution in [0, 0.1) is 5.92 Å². The number of anilines is 1. The highest BCUT2D eigenvalue weighted by molar-refractivity contribution is 6.06. The lowest BCUT2D eigenvalue weighted by molar-refractivity contribution is -0.141. The van der Waals surface area contributed by atoms with Crippen molar-refractivity contribution in [3.8, 4) is 0 Å². The monoisotopic (exact) mass is 255 g/mol. The molecule has 0 radical (unpaired) electrons. The largest absolute Gasteiger partial charge is 0.481 e. The second-order valence-corrected chi connectivity index (χ2v) is 4.74. The van der Waals surface area contributed by atoms with Gasteiger partial charge in [-0.05, 0) is 11.5 Å². The molecular formula is C15H13NO3. The van der Waals surface area contributed by atoms with E-state index in [1.54, 1.807) is 4.90 Å². The average Bonchev–Trinajstić information content (AvgIpc) is 2.80. The van der Waals surface area contributed by atoms with Gasteiger partial charge in [0.25, 0.3) is 0 Å². The molecule has 1 heterocycles. The van der Waals surface area contributed by atoms with Crippen LogP contribution in [0.2, 0.25) is 0 Å². The Balaban J connectivity index is 2.05. The Morgan fingerprint density at radius 2 is 1.89 bits per heavy atom. The summed E-state index contributed by atoms with van der Waals surface area (Å²) in [4.78, 5) is 24.6. The van der Waals surface area contributed by atoms with Gasteiger partial charge in [-0.3, -0.25) is 9.59 Å². The Hall–Kier alpha value is -2.36. The molecule has 19 heavy (non-hydrogen) atoms. The fraction of sp³-hybridized carbons (Fsp3) is 0.200. The summed E-state index contributed by atoms with van der Waals surface area (Å²) in [6, 6.07) is 13.5. The second kappa shape index (κ2) is 4.39. The molecule has 3 rings (SSSR count). The van der Waals surface area contributed by atoms with Crippen molar-refractivity contribution < 1.29 is 14.7 Å². The first kappa shape index (κ1) is 11.7. The summed E-state index contributed by atoms with van der Waals surface area (Å²) >= 11 is 0. The van der Waals surface area contributed by atoms with E-state index >= 15 is 0 Å². The molecule has 0 unspecified atom stereocenters. The van der Waals surface area contributed by atoms with Gasteiger partial charge < -0.3 is 10.0 Å². The van der Waals surface area contributed by atoms with Gasteiger partial charge in [-0.2, -0.15) is 0 Å². The Morgan fingerprint density at radius 3 is 2.63 bits per heavy atom. The molecule has 96 valence electrons. The quantitative estimate of drug-likeness (QED) is 0.895. The number of rotatable bonds is 2. The zero-order chi connectivity index (χ0) is 13.4. The third-order valence-electron chi connectivity index (χ3n) is 3.53. The minimum atomic E-state index is -0.906. The number of benzene rings is 2. The van der Waals surface area contributed by atoms with E-state index in [1.165, 1.54) is 0 Å². The number of hydrogen-bond acceptors (Lipinski definition) is 2. The van der Waals surface area contributed by atoms with Gasteiger partial charge in [0.2, 0.25) is 5.91 Å². The fourth-order valence-corrected chi connectivity index (χ4v) is 2.55. The number of fused-ring (bicyclic) bond motifs is 1. The lowest BCUT2D eigenvalue weighted by atomic mass is 10.1. The van der Waals surface area contributed by atoms with Crippen molar-refractivity contribution in [3.63, 3.8) is 0 Å². The van der Waals surface area contributed by atoms with Crippen LogP contribution in [-0.2, 0) is 9.59 Å². The highest BCUT2D eigenvalue weighted by Crippen LogP contribution is 2.31. The third-order valence-corrected chi connectivity index (χ3v) is 3.53. The predicted octanol–water partition coefficient (Wildman–Crippen LogP) is 2.28. The average molecular weight is 255 g/mol. The number of carbonyl (C=O) groups excluding carboxylic acids is 1. The van der Waals surface area contributed by atoms with Gasteiger partial charge in [0, 0.05) is 18.4 Å². The van der Waals surface area contributed by atoms with Crippen molar-refractivity contribution >= 4 is 28.3 Å². The van der Waals surface area contributed by atoms with Crippen LogP contribution in [0.4, 0.5) is 5.69 Å². The summed E-state index contributed by atoms with van der Waals surface area (Å²) in [5.74, 6) is -1.63. The number of aliphatic carboxylic acids is 1. The van der Waals surface area contributed by atoms with Crippen LogP contribution in [0.15, 0.2) is 42.5 Å². The van der Waals surface area contributed by atoms with E-state index in [4.69, 9.17) is 5.11 Å². The minimum absolute atomic E-state index is 0.0819. The molecule has 1 aliphatic heterocycles. The van der Waals surface area contributed by atoms with E-state index in [1.807, 2.05) is 42.5 Å². The van der Waals surface area contributed by atoms with Gasteiger partial charge in [0.05, 0.1) is 11.6 Å². The summed E-state index contributed by atoms with van der Waals surface area (Å²) in [6.07, 6.45) is 0.0819. The van der Waals surface area contributed by atoms with Crippen molar-refractivity contribution in [2.75, 3.05) is 11.4 Å². The molecule has 1 atom stereocenters. The number of carbonyl (C=O) groups is 2. The molecule has 1 saturated heterocycles. The van der Waals surface area contributed by atoms with Crippen molar-refractivity contribution in [3.05, 3.63) is 42.5 Å². The Morgan fingerprint density at radius 1 is 1.16 bits per heavy atom. The van der Waals surface area contributed by atoms with Gasteiger partial charge in [-0.1, -0.05) is 36.4 Å². The Kier molecular flexibility index (Phi) is 2.71. The van der Waals surface area contributed by atoms with Gasteiger partial charge >= 0.3 is 5.97 Å². The maximum absolute atomic E-state index is 12.0. The number of amides is 1. The fourth-order valence-electron chi connectivity index (χ4n) is 2.55. The van der Waals surface area contributed by atoms with Crippen molar-refractivity contribution in [1.29, 1.82) is 0 Å². The Bertz CT molecular complexity index is 660. The molecule has 1 N–H and O–H groups in total. The van der Waals surface area contributed by atoms with E-state index in [9.17, 15) is 9.59 Å². The topological polar surface area (TPSA) is 57.6 Å². The van der Waals surface area contributed by atoms with Crippen LogP contribution in [0.5, 0.6) is 0 Å². The van der Waals surface area contributed by atoms with Crippen LogP contribution in [-0.4, -0.2) is 23.5 Å². The molecule has 0 bridgehead atoms. The maximum atomic E-state index is 12.0. The van der Waals surface area contributed by atoms with E-state index in [-0.39, 0.29) is 18.9 Å². The first-order valence-electron chi connectivity index (χ1n) is 6.18. The minimum Gasteiger partial charge on any atom is -0.481 e. The summed E-state index contributed by atoms with van der Waals surface area (Å²) in [6.45, 7) is 0.252. The van der Waals surface area contributed by atoms with Crippen LogP contribution in [0.1, 0.15) is 6.42 Å². The van der Waals surface area contributed by atoms with E-state index in [2.05, 4.69) is 0 Å². The molecule has 4 nitrogen and oxygen atoms in total. The maximum Gasteiger partial charge on any atom is 0.308 e. The van der Waals surface area contributed by atoms with Crippen molar-refractivity contribution in [2.24, 2.45) is 5.92 Å². The van der Waals surface area contributed by atoms with Crippen LogP contribution in [0.25, 0.3) is 10.8 Å². The van der Waals surface area contributed by atoms with Gasteiger partial charge in [-0.25, -0.2) is 0 Å². The molecule has 0 spiro atoms. The molecule has 1 amide bonds. The molecule has 0 aromatic heterocycles. The summed E-state index contributed by atoms with van der Waals surface area (Å²) in [7, 11) is 0. The lowest BCUT2D eigenvalue weighted by Crippen LogP contribution is -2.25. The Labute approximate surface area is 110 Å². The first-order valence-corrected chi connectivity index (χ1v) is 6.18. The summed E-state index contributed by atoms with van der Waals surface area (Å²) in [5.41, 5.74) is 0.798. The molecular weight excluding hydrogens is 242 g/mol. The molecule has 2 aromatic carbocycles. The van der Waals surface area contributed by atoms with Crippen LogP contribution in [0.3, 0.4) is 0 Å². The SMILES string of the molecule is O=C(O)[C@H]1CC(=O)N(c2cccc3ccccc23)C1. The van der Waals surface area contributed by atoms with Gasteiger partial charge in [0.1, 0.15) is 0 Å². The summed E-state index contributed by atoms with van der Waals surface area (Å²) in [5, 5.41) is 11.1. The number of carboxylic acid groups (broad SMARTS) is 1. The number of hydrogen-bond donors (Lipinski definition) is 1. The smallest absolute Gasteiger partial charge is 0.308 e. The molecule has 4 heteroatoms. The highest BCUT2D eigenvalue weighted by Gasteiger charge is 2.35. The molecule has 1 fully saturated rings. The normalized spacial score (nSPS) is 19.1. The second-order valence-electron chi connectivity index (χ2n) is 4.74. The lowest BCUT2D eigenvalue weighted by Gasteiger charge is -2.18. The molecule has 0 aliphatic carbocycles. The third kappa shape index (κ3) is 1.95. The first-order chi connectivity index (χ1) is 9.16. The number of carboxylic acids is 1. The van der Waals surface area contributed by atoms with Crippen LogP contribution >= 0.6 is 0 Å². The molecule has 2 aromatic rings. The standard InChI is InChI=1S/C15H13NO3/c17-14-8-11(15(18)19)9-16(14)13-7-3-5-10-4-1-2-6-12(10)13/h1-7,11H,8-9H2,(H,18,19)/t11-/m0/s1. The molecule has 0 saturated carbocycles. The van der Waals surface area contributed by atoms with Gasteiger partial charge in [0.15, 0.2) is 0 Å². The summed E-state index contributed by atoms with van der Waals surface area (Å²) < 4.78 is 0. The predicted molar refractivity (Wildman–Crippen MR) is 72.0 cm³/mol. The number of nitrogens with zero attached hydrogens (tertiary/aromatic N) is 1. The van der Waals surface area contributed by atoms with Gasteiger partial charge in [-0.15, -0.1) is 0 Å². The van der Waals surface area contributed by atoms with Crippen LogP contribution < -0.4 is 4.90 Å². The van der Waals surface area contributed by atoms with Crippen molar-refractivity contribution in [2.45, 2.75) is 6.42 Å². The van der Waals surface area contributed by atoms with E-state index in [0.717, 1.165) is 16.5 Å². The highest BCUT2D eigenvalue weighted by atomic mass is 16.4. The zero-order valence-electron chi connectivity index (χ0n) is 10.2. The van der Waals surface area contributed by atoms with E-state index in [0.29, 0.717) is 0 Å². The zero-order valence-corrected chi connectivity index (χ0v) is 10.2. The van der Waals surface area contributed by atoms with Crippen molar-refractivity contribution in [1.82, 2.24) is 0 Å². The molecule has 1 aliphatic rings.